The van der Waals surface area contributed by atoms with E-state index in [0.29, 0.717) is 15.0 Å². The molecule has 1 amide bonds. The summed E-state index contributed by atoms with van der Waals surface area (Å²) in [5, 5.41) is 27.7. The summed E-state index contributed by atoms with van der Waals surface area (Å²) in [6, 6.07) is 0. The minimum atomic E-state index is -1.14. The monoisotopic (exact) mass is 411 g/mol. The van der Waals surface area contributed by atoms with Gasteiger partial charge in [0.15, 0.2) is 11.3 Å². The number of aliphatic hydroxyl groups is 1. The Kier molecular flexibility index (Phi) is 4.59. The minimum absolute atomic E-state index is 0.00338. The van der Waals surface area contributed by atoms with Crippen molar-refractivity contribution in [2.45, 2.75) is 23.4 Å². The molecule has 0 unspecified atom stereocenters. The van der Waals surface area contributed by atoms with E-state index in [1.807, 2.05) is 0 Å². The summed E-state index contributed by atoms with van der Waals surface area (Å²) in [7, 11) is 0. The maximum absolute atomic E-state index is 12.2. The van der Waals surface area contributed by atoms with Crippen molar-refractivity contribution in [2.75, 3.05) is 5.08 Å². The first-order chi connectivity index (χ1) is 12.5. The summed E-state index contributed by atoms with van der Waals surface area (Å²) in [4.78, 5) is 33.4. The van der Waals surface area contributed by atoms with Crippen LogP contribution < -0.4 is 0 Å². The van der Waals surface area contributed by atoms with Crippen molar-refractivity contribution in [3.8, 4) is 0 Å². The number of carboxylic acid groups (broad SMARTS) is 1. The van der Waals surface area contributed by atoms with E-state index in [0.717, 1.165) is 10.4 Å². The fraction of sp³-hybridized carbons (Fsp3) is 0.357. The lowest BCUT2D eigenvalue weighted by Crippen LogP contribution is -2.60. The Balaban J connectivity index is 1.48. The van der Waals surface area contributed by atoms with Crippen LogP contribution >= 0.6 is 35.3 Å². The number of β-lactam (4-membered cyclic amide) rings is 1. The molecule has 2 aliphatic rings. The SMILES string of the molecule is C[C@@H](O)[C@H]1C(=O)N2C(C(=O)O)=C(SCSc3ncnc4[nH]ncc34)S[C@H]12. The summed E-state index contributed by atoms with van der Waals surface area (Å²) >= 11 is 4.11. The third-order valence-electron chi connectivity index (χ3n) is 4.07. The Bertz CT molecular complexity index is 930. The molecule has 3 N–H and O–H groups in total. The summed E-state index contributed by atoms with van der Waals surface area (Å²) < 4.78 is 0.573. The van der Waals surface area contributed by atoms with E-state index in [2.05, 4.69) is 20.2 Å². The molecule has 0 aliphatic carbocycles. The topological polar surface area (TPSA) is 132 Å². The minimum Gasteiger partial charge on any atom is -0.477 e. The Hall–Kier alpha value is -1.76. The molecule has 2 aromatic rings. The second-order valence-corrected chi connectivity index (χ2v) is 9.34. The number of carboxylic acids is 1. The van der Waals surface area contributed by atoms with Crippen molar-refractivity contribution < 1.29 is 19.8 Å². The highest BCUT2D eigenvalue weighted by molar-refractivity contribution is 8.27. The zero-order valence-corrected chi connectivity index (χ0v) is 15.8. The molecule has 0 spiro atoms. The number of H-pyrrole nitrogens is 1. The van der Waals surface area contributed by atoms with E-state index in [9.17, 15) is 19.8 Å². The first-order valence-corrected chi connectivity index (χ1v) is 10.4. The molecule has 136 valence electrons. The van der Waals surface area contributed by atoms with Crippen LogP contribution in [0.3, 0.4) is 0 Å². The van der Waals surface area contributed by atoms with Gasteiger partial charge in [-0.15, -0.1) is 11.8 Å². The number of thioether (sulfide) groups is 3. The molecule has 2 aliphatic heterocycles. The molecule has 12 heteroatoms. The Morgan fingerprint density at radius 2 is 2.27 bits per heavy atom. The third-order valence-corrected chi connectivity index (χ3v) is 7.86. The number of carbonyl (C=O) groups excluding carboxylic acids is 1. The number of nitrogens with one attached hydrogen (secondary N) is 1. The maximum atomic E-state index is 12.2. The van der Waals surface area contributed by atoms with Gasteiger partial charge < -0.3 is 10.2 Å². The molecule has 0 bridgehead atoms. The van der Waals surface area contributed by atoms with Crippen LogP contribution in [-0.4, -0.2) is 63.7 Å². The number of aliphatic hydroxyl groups excluding tert-OH is 1. The van der Waals surface area contributed by atoms with Crippen LogP contribution in [0, 0.1) is 5.92 Å². The fourth-order valence-corrected chi connectivity index (χ4v) is 7.03. The molecule has 4 rings (SSSR count). The Morgan fingerprint density at radius 1 is 1.46 bits per heavy atom. The van der Waals surface area contributed by atoms with Gasteiger partial charge in [0.05, 0.1) is 32.9 Å². The number of hydrogen-bond acceptors (Lipinski definition) is 9. The third kappa shape index (κ3) is 2.76. The van der Waals surface area contributed by atoms with Crippen LogP contribution in [0.1, 0.15) is 6.92 Å². The second-order valence-electron chi connectivity index (χ2n) is 5.64. The van der Waals surface area contributed by atoms with Crippen LogP contribution in [0.25, 0.3) is 11.0 Å². The normalized spacial score (nSPS) is 23.3. The molecule has 0 saturated carbocycles. The molecule has 26 heavy (non-hydrogen) atoms. The van der Waals surface area contributed by atoms with Crippen LogP contribution in [0.15, 0.2) is 27.5 Å². The van der Waals surface area contributed by atoms with Crippen molar-refractivity contribution in [1.29, 1.82) is 0 Å². The second kappa shape index (κ2) is 6.76. The van der Waals surface area contributed by atoms with E-state index < -0.39 is 18.0 Å². The van der Waals surface area contributed by atoms with Crippen LogP contribution in [0.5, 0.6) is 0 Å². The lowest BCUT2D eigenvalue weighted by atomic mass is 9.92. The highest BCUT2D eigenvalue weighted by Crippen LogP contribution is 2.54. The number of fused-ring (bicyclic) bond motifs is 2. The molecule has 0 aromatic carbocycles. The average Bonchev–Trinajstić information content (AvgIpc) is 3.17. The molecular weight excluding hydrogens is 398 g/mol. The van der Waals surface area contributed by atoms with Crippen molar-refractivity contribution in [3.63, 3.8) is 0 Å². The number of amides is 1. The molecule has 4 heterocycles. The van der Waals surface area contributed by atoms with E-state index in [-0.39, 0.29) is 17.0 Å². The molecule has 1 saturated heterocycles. The number of rotatable bonds is 6. The fourth-order valence-electron chi connectivity index (χ4n) is 2.85. The van der Waals surface area contributed by atoms with Gasteiger partial charge in [-0.2, -0.15) is 5.10 Å². The highest BCUT2D eigenvalue weighted by Gasteiger charge is 2.57. The summed E-state index contributed by atoms with van der Waals surface area (Å²) in [6.45, 7) is 1.55. The molecule has 2 aromatic heterocycles. The number of nitrogens with zero attached hydrogens (tertiary/aromatic N) is 4. The van der Waals surface area contributed by atoms with Crippen LogP contribution in [0.2, 0.25) is 0 Å². The molecule has 1 fully saturated rings. The van der Waals surface area contributed by atoms with Crippen LogP contribution in [-0.2, 0) is 9.59 Å². The zero-order chi connectivity index (χ0) is 18.4. The van der Waals surface area contributed by atoms with Gasteiger partial charge in [-0.3, -0.25) is 14.8 Å². The highest BCUT2D eigenvalue weighted by atomic mass is 32.2. The molecular formula is C14H13N5O4S3. The van der Waals surface area contributed by atoms with E-state index >= 15 is 0 Å². The van der Waals surface area contributed by atoms with Crippen molar-refractivity contribution in [2.24, 2.45) is 5.92 Å². The number of hydrogen-bond donors (Lipinski definition) is 3. The molecule has 9 nitrogen and oxygen atoms in total. The van der Waals surface area contributed by atoms with Crippen molar-refractivity contribution >= 4 is 58.2 Å². The Labute approximate surface area is 160 Å². The predicted octanol–water partition coefficient (Wildman–Crippen LogP) is 1.30. The largest absolute Gasteiger partial charge is 0.477 e. The molecule has 3 atom stereocenters. The average molecular weight is 411 g/mol. The van der Waals surface area contributed by atoms with Gasteiger partial charge in [0.25, 0.3) is 0 Å². The number of aromatic amines is 1. The van der Waals surface area contributed by atoms with Gasteiger partial charge in [-0.05, 0) is 6.92 Å². The summed E-state index contributed by atoms with van der Waals surface area (Å²) in [5.74, 6) is -2.04. The van der Waals surface area contributed by atoms with Gasteiger partial charge in [0.1, 0.15) is 16.7 Å². The number of carbonyl (C=O) groups is 2. The van der Waals surface area contributed by atoms with E-state index in [4.69, 9.17) is 0 Å². The smallest absolute Gasteiger partial charge is 0.354 e. The van der Waals surface area contributed by atoms with Gasteiger partial charge in [0, 0.05) is 0 Å². The van der Waals surface area contributed by atoms with Gasteiger partial charge in [-0.25, -0.2) is 14.8 Å². The van der Waals surface area contributed by atoms with Gasteiger partial charge in [0.2, 0.25) is 5.91 Å². The maximum Gasteiger partial charge on any atom is 0.354 e. The van der Waals surface area contributed by atoms with Crippen LogP contribution in [0.4, 0.5) is 0 Å². The standard InChI is InChI=1S/C14H13N5O4S3/c1-5(20)7-11(21)19-8(13(22)23)14(26-12(7)19)25-4-24-10-6-2-17-18-9(6)15-3-16-10/h2-3,5,7,12,20H,4H2,1H3,(H,22,23)(H,15,16,17,18)/t5-,7+,12-/m1/s1. The lowest BCUT2D eigenvalue weighted by Gasteiger charge is -2.43. The predicted molar refractivity (Wildman–Crippen MR) is 98.1 cm³/mol. The zero-order valence-electron chi connectivity index (χ0n) is 13.3. The Morgan fingerprint density at radius 3 is 3.00 bits per heavy atom. The number of aliphatic carboxylic acids is 1. The number of aromatic nitrogens is 4. The quantitative estimate of drug-likeness (QED) is 0.276. The van der Waals surface area contributed by atoms with Crippen molar-refractivity contribution in [1.82, 2.24) is 25.1 Å². The first kappa shape index (κ1) is 17.6. The van der Waals surface area contributed by atoms with Gasteiger partial charge in [-0.1, -0.05) is 23.5 Å². The van der Waals surface area contributed by atoms with Crippen molar-refractivity contribution in [3.05, 3.63) is 22.5 Å². The first-order valence-electron chi connectivity index (χ1n) is 7.54. The lowest BCUT2D eigenvalue weighted by molar-refractivity contribution is -0.156. The summed E-state index contributed by atoms with van der Waals surface area (Å²) in [5.41, 5.74) is 0.645. The summed E-state index contributed by atoms with van der Waals surface area (Å²) in [6.07, 6.45) is 2.28. The molecule has 0 radical (unpaired) electrons. The van der Waals surface area contributed by atoms with E-state index in [1.165, 1.54) is 46.5 Å². The van der Waals surface area contributed by atoms with Gasteiger partial charge >= 0.3 is 5.97 Å². The van der Waals surface area contributed by atoms with E-state index in [1.54, 1.807) is 13.1 Å².